The van der Waals surface area contributed by atoms with Gasteiger partial charge in [-0.2, -0.15) is 23.3 Å². The van der Waals surface area contributed by atoms with Crippen molar-refractivity contribution in [1.29, 1.82) is 0 Å². The highest BCUT2D eigenvalue weighted by Gasteiger charge is 2.34. The molecule has 1 N–H and O–H groups in total. The number of halogens is 3. The van der Waals surface area contributed by atoms with Crippen LogP contribution in [0.3, 0.4) is 0 Å². The van der Waals surface area contributed by atoms with Crippen molar-refractivity contribution in [2.45, 2.75) is 32.0 Å². The molecule has 1 atom stereocenters. The van der Waals surface area contributed by atoms with Gasteiger partial charge < -0.3 is 5.32 Å². The number of aromatic nitrogens is 6. The molecule has 0 aromatic carbocycles. The summed E-state index contributed by atoms with van der Waals surface area (Å²) in [5, 5.41) is 10.3. The highest BCUT2D eigenvalue weighted by molar-refractivity contribution is 5.90. The van der Waals surface area contributed by atoms with Crippen LogP contribution in [0.15, 0.2) is 30.7 Å². The van der Waals surface area contributed by atoms with Crippen LogP contribution < -0.4 is 5.32 Å². The number of nitrogens with zero attached hydrogens (tertiary/aromatic N) is 6. The third-order valence-electron chi connectivity index (χ3n) is 3.83. The summed E-state index contributed by atoms with van der Waals surface area (Å²) < 4.78 is 40.6. The van der Waals surface area contributed by atoms with Crippen LogP contribution in [0.4, 0.5) is 13.2 Å². The van der Waals surface area contributed by atoms with Crippen LogP contribution in [0.25, 0.3) is 5.78 Å². The van der Waals surface area contributed by atoms with Crippen LogP contribution >= 0.6 is 0 Å². The Kier molecular flexibility index (Phi) is 4.87. The van der Waals surface area contributed by atoms with Gasteiger partial charge in [-0.3, -0.25) is 9.48 Å². The zero-order chi connectivity index (χ0) is 18.7. The topological polar surface area (TPSA) is 90.0 Å². The molecule has 1 amide bonds. The Hall–Kier alpha value is -2.98. The fourth-order valence-corrected chi connectivity index (χ4v) is 2.48. The number of hydrogen-bond donors (Lipinski definition) is 1. The average Bonchev–Trinajstić information content (AvgIpc) is 3.25. The summed E-state index contributed by atoms with van der Waals surface area (Å²) >= 11 is 0. The largest absolute Gasteiger partial charge is 0.435 e. The maximum absolute atomic E-state index is 12.6. The first-order valence-corrected chi connectivity index (χ1v) is 7.96. The first-order valence-electron chi connectivity index (χ1n) is 7.96. The SMILES string of the molecule is CCC(CCNC(=O)c1nc2ncccn2n1)n1ccc(C(F)(F)F)n1. The van der Waals surface area contributed by atoms with Gasteiger partial charge in [0, 0.05) is 25.1 Å². The van der Waals surface area contributed by atoms with Crippen molar-refractivity contribution in [3.8, 4) is 0 Å². The van der Waals surface area contributed by atoms with Crippen molar-refractivity contribution < 1.29 is 18.0 Å². The van der Waals surface area contributed by atoms with Gasteiger partial charge in [0.1, 0.15) is 0 Å². The first-order chi connectivity index (χ1) is 12.4. The molecule has 8 nitrogen and oxygen atoms in total. The normalized spacial score (nSPS) is 13.1. The molecule has 0 aliphatic heterocycles. The minimum Gasteiger partial charge on any atom is -0.349 e. The maximum atomic E-state index is 12.6. The van der Waals surface area contributed by atoms with Crippen LogP contribution in [-0.4, -0.2) is 41.8 Å². The number of alkyl halides is 3. The number of amides is 1. The molecule has 3 aromatic rings. The van der Waals surface area contributed by atoms with E-state index in [1.807, 2.05) is 6.92 Å². The molecule has 0 spiro atoms. The van der Waals surface area contributed by atoms with Gasteiger partial charge in [0.15, 0.2) is 5.69 Å². The summed E-state index contributed by atoms with van der Waals surface area (Å²) in [6, 6.07) is 2.34. The zero-order valence-corrected chi connectivity index (χ0v) is 13.8. The molecule has 138 valence electrons. The highest BCUT2D eigenvalue weighted by atomic mass is 19.4. The summed E-state index contributed by atoms with van der Waals surface area (Å²) in [6.45, 7) is 2.10. The van der Waals surface area contributed by atoms with Gasteiger partial charge in [0.05, 0.1) is 6.04 Å². The lowest BCUT2D eigenvalue weighted by molar-refractivity contribution is -0.141. The van der Waals surface area contributed by atoms with Crippen LogP contribution in [0.1, 0.15) is 42.1 Å². The van der Waals surface area contributed by atoms with Crippen LogP contribution in [0, 0.1) is 0 Å². The molecule has 3 heterocycles. The zero-order valence-electron chi connectivity index (χ0n) is 13.8. The van der Waals surface area contributed by atoms with Gasteiger partial charge in [0.25, 0.3) is 11.7 Å². The minimum atomic E-state index is -4.47. The molecular formula is C15H16F3N7O. The molecule has 3 aromatic heterocycles. The number of carbonyl (C=O) groups is 1. The number of hydrogen-bond acceptors (Lipinski definition) is 5. The van der Waals surface area contributed by atoms with E-state index in [1.165, 1.54) is 21.6 Å². The van der Waals surface area contributed by atoms with Gasteiger partial charge in [0.2, 0.25) is 5.82 Å². The summed E-state index contributed by atoms with van der Waals surface area (Å²) in [5.41, 5.74) is -0.929. The molecule has 0 saturated heterocycles. The smallest absolute Gasteiger partial charge is 0.349 e. The lowest BCUT2D eigenvalue weighted by atomic mass is 10.1. The van der Waals surface area contributed by atoms with Crippen LogP contribution in [0.5, 0.6) is 0 Å². The molecule has 11 heteroatoms. The maximum Gasteiger partial charge on any atom is 0.435 e. The van der Waals surface area contributed by atoms with Crippen molar-refractivity contribution >= 4 is 11.7 Å². The van der Waals surface area contributed by atoms with Gasteiger partial charge in [-0.25, -0.2) is 9.50 Å². The molecule has 3 rings (SSSR count). The van der Waals surface area contributed by atoms with E-state index in [4.69, 9.17) is 0 Å². The summed E-state index contributed by atoms with van der Waals surface area (Å²) in [4.78, 5) is 20.1. The number of rotatable bonds is 6. The molecule has 0 bridgehead atoms. The fraction of sp³-hybridized carbons (Fsp3) is 0.400. The second-order valence-corrected chi connectivity index (χ2v) is 5.59. The van der Waals surface area contributed by atoms with E-state index in [-0.39, 0.29) is 18.4 Å². The third kappa shape index (κ3) is 3.81. The quantitative estimate of drug-likeness (QED) is 0.721. The average molecular weight is 367 g/mol. The molecule has 0 aliphatic rings. The van der Waals surface area contributed by atoms with Crippen molar-refractivity contribution in [2.75, 3.05) is 6.54 Å². The molecule has 0 saturated carbocycles. The summed E-state index contributed by atoms with van der Waals surface area (Å²) in [5.74, 6) is -0.183. The molecule has 0 fully saturated rings. The fourth-order valence-electron chi connectivity index (χ4n) is 2.48. The lowest BCUT2D eigenvalue weighted by Gasteiger charge is -2.15. The van der Waals surface area contributed by atoms with E-state index in [9.17, 15) is 18.0 Å². The van der Waals surface area contributed by atoms with Crippen LogP contribution in [-0.2, 0) is 6.18 Å². The Labute approximate surface area is 146 Å². The Morgan fingerprint density at radius 2 is 2.12 bits per heavy atom. The third-order valence-corrected chi connectivity index (χ3v) is 3.83. The molecule has 0 radical (unpaired) electrons. The van der Waals surface area contributed by atoms with Crippen LogP contribution in [0.2, 0.25) is 0 Å². The predicted octanol–water partition coefficient (Wildman–Crippen LogP) is 2.11. The van der Waals surface area contributed by atoms with E-state index >= 15 is 0 Å². The molecular weight excluding hydrogens is 351 g/mol. The van der Waals surface area contributed by atoms with Crippen molar-refractivity contribution in [1.82, 2.24) is 34.7 Å². The van der Waals surface area contributed by atoms with Crippen molar-refractivity contribution in [3.05, 3.63) is 42.2 Å². The van der Waals surface area contributed by atoms with E-state index in [0.717, 1.165) is 6.07 Å². The standard InChI is InChI=1S/C15H16F3N7O/c1-2-10(24-9-5-11(22-24)15(16,17)18)4-7-19-13(26)12-21-14-20-6-3-8-25(14)23-12/h3,5-6,8-10H,2,4,7H2,1H3,(H,19,26). The van der Waals surface area contributed by atoms with Crippen molar-refractivity contribution in [3.63, 3.8) is 0 Å². The number of nitrogens with one attached hydrogen (secondary N) is 1. The van der Waals surface area contributed by atoms with E-state index in [2.05, 4.69) is 25.5 Å². The van der Waals surface area contributed by atoms with Gasteiger partial charge in [-0.05, 0) is 25.0 Å². The van der Waals surface area contributed by atoms with E-state index < -0.39 is 17.8 Å². The van der Waals surface area contributed by atoms with Crippen molar-refractivity contribution in [2.24, 2.45) is 0 Å². The van der Waals surface area contributed by atoms with E-state index in [1.54, 1.807) is 12.3 Å². The first kappa shape index (κ1) is 17.8. The second kappa shape index (κ2) is 7.10. The Balaban J connectivity index is 1.58. The predicted molar refractivity (Wildman–Crippen MR) is 84.3 cm³/mol. The lowest BCUT2D eigenvalue weighted by Crippen LogP contribution is -2.27. The van der Waals surface area contributed by atoms with Gasteiger partial charge in [-0.1, -0.05) is 6.92 Å². The number of fused-ring (bicyclic) bond motifs is 1. The van der Waals surface area contributed by atoms with Gasteiger partial charge in [-0.15, -0.1) is 5.10 Å². The number of carbonyl (C=O) groups excluding carboxylic acids is 1. The second-order valence-electron chi connectivity index (χ2n) is 5.59. The molecule has 26 heavy (non-hydrogen) atoms. The van der Waals surface area contributed by atoms with E-state index in [0.29, 0.717) is 18.6 Å². The highest BCUT2D eigenvalue weighted by Crippen LogP contribution is 2.28. The minimum absolute atomic E-state index is 0.0183. The summed E-state index contributed by atoms with van der Waals surface area (Å²) in [7, 11) is 0. The molecule has 0 aliphatic carbocycles. The summed E-state index contributed by atoms with van der Waals surface area (Å²) in [6.07, 6.45) is 0.985. The Morgan fingerprint density at radius 3 is 2.77 bits per heavy atom. The monoisotopic (exact) mass is 367 g/mol. The Morgan fingerprint density at radius 1 is 1.31 bits per heavy atom. The molecule has 1 unspecified atom stereocenters. The van der Waals surface area contributed by atoms with Gasteiger partial charge >= 0.3 is 6.18 Å². The Bertz CT molecular complexity index is 869.